The van der Waals surface area contributed by atoms with Gasteiger partial charge in [0.25, 0.3) is 0 Å². The maximum absolute atomic E-state index is 2.48. The van der Waals surface area contributed by atoms with Crippen molar-refractivity contribution in [2.45, 2.75) is 5.41 Å². The van der Waals surface area contributed by atoms with Gasteiger partial charge in [0.05, 0.1) is 5.41 Å². The van der Waals surface area contributed by atoms with E-state index in [1.54, 1.807) is 0 Å². The van der Waals surface area contributed by atoms with E-state index in [9.17, 15) is 0 Å². The third-order valence-electron chi connectivity index (χ3n) is 16.3. The van der Waals surface area contributed by atoms with Gasteiger partial charge in [0.1, 0.15) is 0 Å². The predicted molar refractivity (Wildman–Crippen MR) is 323 cm³/mol. The van der Waals surface area contributed by atoms with Gasteiger partial charge in [-0.05, 0) is 172 Å². The molecule has 0 saturated heterocycles. The number of para-hydroxylation sites is 2. The lowest BCUT2D eigenvalue weighted by molar-refractivity contribution is 0.793. The molecule has 2 aliphatic rings. The summed E-state index contributed by atoms with van der Waals surface area (Å²) in [5.74, 6) is 0. The van der Waals surface area contributed by atoms with Crippen molar-refractivity contribution in [3.63, 3.8) is 0 Å². The first-order valence-corrected chi connectivity index (χ1v) is 26.7. The summed E-state index contributed by atoms with van der Waals surface area (Å²) in [5.41, 5.74) is 24.0. The van der Waals surface area contributed by atoms with Gasteiger partial charge in [0, 0.05) is 34.1 Å². The van der Waals surface area contributed by atoms with Gasteiger partial charge < -0.3 is 9.80 Å². The molecule has 0 aromatic heterocycles. The first-order valence-electron chi connectivity index (χ1n) is 26.7. The lowest BCUT2D eigenvalue weighted by Gasteiger charge is -2.32. The Morgan fingerprint density at radius 2 is 0.481 bits per heavy atom. The Bertz CT molecular complexity index is 4230. The van der Waals surface area contributed by atoms with Crippen LogP contribution in [0.3, 0.4) is 0 Å². The van der Waals surface area contributed by atoms with Crippen molar-refractivity contribution in [3.05, 3.63) is 326 Å². The van der Waals surface area contributed by atoms with E-state index in [1.807, 2.05) is 0 Å². The first kappa shape index (κ1) is 44.5. The van der Waals surface area contributed by atoms with Crippen LogP contribution in [0.2, 0.25) is 0 Å². The largest absolute Gasteiger partial charge is 0.311 e. The Morgan fingerprint density at radius 1 is 0.195 bits per heavy atom. The van der Waals surface area contributed by atoms with E-state index in [1.165, 1.54) is 99.4 Å². The molecule has 0 N–H and O–H groups in total. The van der Waals surface area contributed by atoms with Crippen LogP contribution >= 0.6 is 0 Å². The van der Waals surface area contributed by atoms with E-state index in [0.29, 0.717) is 0 Å². The van der Waals surface area contributed by atoms with Crippen LogP contribution in [-0.4, -0.2) is 0 Å². The molecular weight excluding hydrogens is 929 g/mol. The lowest BCUT2D eigenvalue weighted by Crippen LogP contribution is -2.26. The Hall–Kier alpha value is -10.0. The van der Waals surface area contributed by atoms with E-state index in [0.717, 1.165) is 34.1 Å². The molecule has 2 aliphatic carbocycles. The molecule has 0 saturated carbocycles. The second-order valence-electron chi connectivity index (χ2n) is 20.3. The van der Waals surface area contributed by atoms with Gasteiger partial charge in [-0.25, -0.2) is 0 Å². The van der Waals surface area contributed by atoms with Crippen LogP contribution in [-0.2, 0) is 5.41 Å². The minimum Gasteiger partial charge on any atom is -0.311 e. The molecule has 15 rings (SSSR count). The highest BCUT2D eigenvalue weighted by Crippen LogP contribution is 2.63. The Morgan fingerprint density at radius 3 is 0.896 bits per heavy atom. The van der Waals surface area contributed by atoms with Crippen LogP contribution in [0.5, 0.6) is 0 Å². The zero-order valence-electron chi connectivity index (χ0n) is 42.3. The van der Waals surface area contributed by atoms with E-state index in [4.69, 9.17) is 0 Å². The van der Waals surface area contributed by atoms with Crippen molar-refractivity contribution in [3.8, 4) is 55.6 Å². The van der Waals surface area contributed by atoms with Crippen molar-refractivity contribution in [1.29, 1.82) is 0 Å². The standard InChI is InChI=1S/C75H50N2/c1-4-20-51(21-5-1)52-36-42-57(43-37-52)76(55-22-6-2-7-23-55)58-44-38-53(39-45-58)73-65-29-10-12-31-67(65)74(68-32-13-11-30-66(68)73)54-40-46-59(47-41-54)77(56-24-8-3-9-25-56)60-48-49-64-63-28-16-19-35-71(63)75(72(64)50-60)69-33-17-14-26-61(69)62-27-15-18-34-70(62)75/h1-50H. The zero-order chi connectivity index (χ0) is 50.9. The summed E-state index contributed by atoms with van der Waals surface area (Å²) in [6.45, 7) is 0. The van der Waals surface area contributed by atoms with Crippen molar-refractivity contribution in [2.24, 2.45) is 0 Å². The number of benzene rings is 13. The molecule has 77 heavy (non-hydrogen) atoms. The highest BCUT2D eigenvalue weighted by Gasteiger charge is 2.51. The Kier molecular flexibility index (Phi) is 10.5. The van der Waals surface area contributed by atoms with Gasteiger partial charge in [0.2, 0.25) is 0 Å². The fourth-order valence-electron chi connectivity index (χ4n) is 13.0. The molecule has 0 amide bonds. The van der Waals surface area contributed by atoms with Crippen LogP contribution < -0.4 is 9.80 Å². The molecule has 0 bridgehead atoms. The van der Waals surface area contributed by atoms with Gasteiger partial charge in [-0.3, -0.25) is 0 Å². The highest BCUT2D eigenvalue weighted by atomic mass is 15.1. The number of hydrogen-bond acceptors (Lipinski definition) is 2. The Labute approximate surface area is 449 Å². The second-order valence-corrected chi connectivity index (χ2v) is 20.3. The molecule has 1 spiro atoms. The normalized spacial score (nSPS) is 12.5. The first-order chi connectivity index (χ1) is 38.2. The lowest BCUT2D eigenvalue weighted by atomic mass is 9.70. The summed E-state index contributed by atoms with van der Waals surface area (Å²) in [6.07, 6.45) is 0. The number of rotatable bonds is 9. The summed E-state index contributed by atoms with van der Waals surface area (Å²) >= 11 is 0. The number of hydrogen-bond donors (Lipinski definition) is 0. The number of nitrogens with zero attached hydrogens (tertiary/aromatic N) is 2. The van der Waals surface area contributed by atoms with Gasteiger partial charge in [-0.15, -0.1) is 0 Å². The zero-order valence-corrected chi connectivity index (χ0v) is 42.3. The van der Waals surface area contributed by atoms with Crippen molar-refractivity contribution in [2.75, 3.05) is 9.80 Å². The van der Waals surface area contributed by atoms with Gasteiger partial charge in [-0.2, -0.15) is 0 Å². The average molecular weight is 979 g/mol. The molecule has 2 heteroatoms. The maximum Gasteiger partial charge on any atom is 0.0726 e. The van der Waals surface area contributed by atoms with E-state index < -0.39 is 5.41 Å². The molecule has 13 aromatic rings. The number of anilines is 6. The summed E-state index contributed by atoms with van der Waals surface area (Å²) in [4.78, 5) is 4.77. The topological polar surface area (TPSA) is 6.48 Å². The number of fused-ring (bicyclic) bond motifs is 12. The van der Waals surface area contributed by atoms with Gasteiger partial charge in [-0.1, -0.05) is 231 Å². The van der Waals surface area contributed by atoms with Crippen LogP contribution in [0.15, 0.2) is 303 Å². The van der Waals surface area contributed by atoms with Crippen molar-refractivity contribution in [1.82, 2.24) is 0 Å². The van der Waals surface area contributed by atoms with Crippen molar-refractivity contribution >= 4 is 55.7 Å². The smallest absolute Gasteiger partial charge is 0.0726 e. The molecule has 2 nitrogen and oxygen atoms in total. The molecule has 0 radical (unpaired) electrons. The molecule has 0 atom stereocenters. The molecule has 0 heterocycles. The van der Waals surface area contributed by atoms with E-state index >= 15 is 0 Å². The molecule has 0 aliphatic heterocycles. The summed E-state index contributed by atoms with van der Waals surface area (Å²) in [5, 5.41) is 4.90. The highest BCUT2D eigenvalue weighted by molar-refractivity contribution is 6.21. The summed E-state index contributed by atoms with van der Waals surface area (Å²) < 4.78 is 0. The summed E-state index contributed by atoms with van der Waals surface area (Å²) in [6, 6.07) is 112. The minimum absolute atomic E-state index is 0.434. The van der Waals surface area contributed by atoms with Crippen molar-refractivity contribution < 1.29 is 0 Å². The maximum atomic E-state index is 2.48. The SMILES string of the molecule is c1ccc(-c2ccc(N(c3ccccc3)c3ccc(-c4c5ccccc5c(-c5ccc(N(c6ccccc6)c6ccc7c(c6)C6(c8ccccc8-c8ccccc86)c6ccccc6-7)cc5)c5ccccc45)cc3)cc2)cc1. The molecule has 13 aromatic carbocycles. The van der Waals surface area contributed by atoms with Crippen LogP contribution in [0, 0.1) is 0 Å². The molecule has 360 valence electrons. The fourth-order valence-corrected chi connectivity index (χ4v) is 13.0. The molecular formula is C75H50N2. The van der Waals surface area contributed by atoms with Crippen LogP contribution in [0.1, 0.15) is 22.3 Å². The Balaban J connectivity index is 0.829. The third kappa shape index (κ3) is 7.03. The molecule has 0 unspecified atom stereocenters. The average Bonchev–Trinajstić information content (AvgIpc) is 4.21. The van der Waals surface area contributed by atoms with Crippen LogP contribution in [0.25, 0.3) is 77.2 Å². The van der Waals surface area contributed by atoms with Gasteiger partial charge >= 0.3 is 0 Å². The molecule has 0 fully saturated rings. The quantitative estimate of drug-likeness (QED) is 0.133. The third-order valence-corrected chi connectivity index (χ3v) is 16.3. The fraction of sp³-hybridized carbons (Fsp3) is 0.0133. The van der Waals surface area contributed by atoms with Gasteiger partial charge in [0.15, 0.2) is 0 Å². The minimum atomic E-state index is -0.434. The van der Waals surface area contributed by atoms with E-state index in [2.05, 4.69) is 313 Å². The summed E-state index contributed by atoms with van der Waals surface area (Å²) in [7, 11) is 0. The van der Waals surface area contributed by atoms with Crippen LogP contribution in [0.4, 0.5) is 34.1 Å². The predicted octanol–water partition coefficient (Wildman–Crippen LogP) is 20.3. The monoisotopic (exact) mass is 978 g/mol. The second kappa shape index (κ2) is 18.1. The van der Waals surface area contributed by atoms with E-state index in [-0.39, 0.29) is 0 Å².